The van der Waals surface area contributed by atoms with Crippen LogP contribution in [0.4, 0.5) is 0 Å². The minimum absolute atomic E-state index is 0.00690. The lowest BCUT2D eigenvalue weighted by molar-refractivity contribution is -0.148. The molecular weight excluding hydrogens is 208 g/mol. The van der Waals surface area contributed by atoms with Crippen LogP contribution in [0.2, 0.25) is 0 Å². The van der Waals surface area contributed by atoms with Crippen molar-refractivity contribution in [3.05, 3.63) is 0 Å². The highest BCUT2D eigenvalue weighted by molar-refractivity contribution is 5.81. The molecule has 5 nitrogen and oxygen atoms in total. The Morgan fingerprint density at radius 1 is 1.44 bits per heavy atom. The first-order valence-corrected chi connectivity index (χ1v) is 5.97. The predicted molar refractivity (Wildman–Crippen MR) is 59.0 cm³/mol. The first-order valence-electron chi connectivity index (χ1n) is 5.97. The molecule has 0 radical (unpaired) electrons. The van der Waals surface area contributed by atoms with E-state index in [1.54, 1.807) is 11.9 Å². The van der Waals surface area contributed by atoms with Crippen LogP contribution in [-0.2, 0) is 9.53 Å². The summed E-state index contributed by atoms with van der Waals surface area (Å²) in [5.74, 6) is 0.00690. The van der Waals surface area contributed by atoms with Gasteiger partial charge in [0.25, 0.3) is 5.91 Å². The number of carbonyl (C=O) groups is 1. The first kappa shape index (κ1) is 11.8. The van der Waals surface area contributed by atoms with E-state index in [2.05, 4.69) is 5.32 Å². The SMILES string of the molecule is CN(C(=O)C1CCCCO1)[C@@H]1CNC[C@H]1O. The molecule has 2 aliphatic rings. The van der Waals surface area contributed by atoms with Crippen molar-refractivity contribution in [2.45, 2.75) is 37.5 Å². The number of nitrogens with zero attached hydrogens (tertiary/aromatic N) is 1. The van der Waals surface area contributed by atoms with Gasteiger partial charge in [-0.1, -0.05) is 0 Å². The summed E-state index contributed by atoms with van der Waals surface area (Å²) in [6.07, 6.45) is 2.14. The van der Waals surface area contributed by atoms with Crippen molar-refractivity contribution in [1.29, 1.82) is 0 Å². The number of amides is 1. The summed E-state index contributed by atoms with van der Waals surface area (Å²) in [4.78, 5) is 13.7. The van der Waals surface area contributed by atoms with Crippen LogP contribution in [0.1, 0.15) is 19.3 Å². The fraction of sp³-hybridized carbons (Fsp3) is 0.909. The molecule has 2 heterocycles. The first-order chi connectivity index (χ1) is 7.70. The zero-order chi connectivity index (χ0) is 11.5. The monoisotopic (exact) mass is 228 g/mol. The van der Waals surface area contributed by atoms with Gasteiger partial charge in [0.2, 0.25) is 0 Å². The lowest BCUT2D eigenvalue weighted by atomic mass is 10.1. The molecular formula is C11H20N2O3. The summed E-state index contributed by atoms with van der Waals surface area (Å²) in [5, 5.41) is 12.8. The summed E-state index contributed by atoms with van der Waals surface area (Å²) in [6, 6.07) is -0.113. The zero-order valence-corrected chi connectivity index (χ0v) is 9.69. The molecule has 3 atom stereocenters. The van der Waals surface area contributed by atoms with Gasteiger partial charge in [-0.05, 0) is 19.3 Å². The molecule has 0 aromatic heterocycles. The van der Waals surface area contributed by atoms with Crippen LogP contribution in [-0.4, -0.2) is 60.9 Å². The number of likely N-dealkylation sites (N-methyl/N-ethyl adjacent to an activating group) is 1. The maximum Gasteiger partial charge on any atom is 0.251 e. The standard InChI is InChI=1S/C11H20N2O3/c1-13(8-6-12-7-9(8)14)11(15)10-4-2-3-5-16-10/h8-10,12,14H,2-7H2,1H3/t8-,9-,10?/m1/s1. The highest BCUT2D eigenvalue weighted by Crippen LogP contribution is 2.17. The van der Waals surface area contributed by atoms with E-state index in [9.17, 15) is 9.90 Å². The lowest BCUT2D eigenvalue weighted by Gasteiger charge is -2.31. The Bertz CT molecular complexity index is 254. The van der Waals surface area contributed by atoms with E-state index in [1.165, 1.54) is 0 Å². The van der Waals surface area contributed by atoms with E-state index in [0.29, 0.717) is 19.7 Å². The molecule has 1 amide bonds. The molecule has 2 aliphatic heterocycles. The van der Waals surface area contributed by atoms with Gasteiger partial charge in [-0.3, -0.25) is 4.79 Å². The number of β-amino-alcohol motifs (C(OH)–C–C–N with tert-alkyl or cyclic N) is 1. The molecule has 16 heavy (non-hydrogen) atoms. The number of hydrogen-bond donors (Lipinski definition) is 2. The maximum absolute atomic E-state index is 12.1. The van der Waals surface area contributed by atoms with Crippen molar-refractivity contribution < 1.29 is 14.6 Å². The summed E-state index contributed by atoms with van der Waals surface area (Å²) >= 11 is 0. The molecule has 0 saturated carbocycles. The zero-order valence-electron chi connectivity index (χ0n) is 9.69. The van der Waals surface area contributed by atoms with E-state index < -0.39 is 6.10 Å². The van der Waals surface area contributed by atoms with Gasteiger partial charge in [-0.2, -0.15) is 0 Å². The molecule has 0 bridgehead atoms. The highest BCUT2D eigenvalue weighted by atomic mass is 16.5. The van der Waals surface area contributed by atoms with Gasteiger partial charge >= 0.3 is 0 Å². The molecule has 2 saturated heterocycles. The van der Waals surface area contributed by atoms with Crippen LogP contribution in [0, 0.1) is 0 Å². The quantitative estimate of drug-likeness (QED) is 0.659. The largest absolute Gasteiger partial charge is 0.390 e. The van der Waals surface area contributed by atoms with Crippen molar-refractivity contribution in [2.24, 2.45) is 0 Å². The molecule has 2 N–H and O–H groups in total. The molecule has 1 unspecified atom stereocenters. The molecule has 5 heteroatoms. The Morgan fingerprint density at radius 2 is 2.25 bits per heavy atom. The summed E-state index contributed by atoms with van der Waals surface area (Å²) < 4.78 is 5.46. The van der Waals surface area contributed by atoms with E-state index in [1.807, 2.05) is 0 Å². The number of aliphatic hydroxyl groups excluding tert-OH is 1. The smallest absolute Gasteiger partial charge is 0.251 e. The van der Waals surface area contributed by atoms with Gasteiger partial charge < -0.3 is 20.1 Å². The third-order valence-corrected chi connectivity index (χ3v) is 3.45. The molecule has 0 aromatic rings. The fourth-order valence-corrected chi connectivity index (χ4v) is 2.37. The fourth-order valence-electron chi connectivity index (χ4n) is 2.37. The molecule has 92 valence electrons. The van der Waals surface area contributed by atoms with E-state index in [4.69, 9.17) is 4.74 Å². The highest BCUT2D eigenvalue weighted by Gasteiger charge is 2.34. The molecule has 0 aromatic carbocycles. The Morgan fingerprint density at radius 3 is 2.81 bits per heavy atom. The molecule has 0 spiro atoms. The summed E-state index contributed by atoms with van der Waals surface area (Å²) in [5.41, 5.74) is 0. The second-order valence-electron chi connectivity index (χ2n) is 4.60. The molecule has 2 rings (SSSR count). The maximum atomic E-state index is 12.1. The van der Waals surface area contributed by atoms with E-state index in [-0.39, 0.29) is 18.1 Å². The Labute approximate surface area is 95.8 Å². The third kappa shape index (κ3) is 2.36. The topological polar surface area (TPSA) is 61.8 Å². The van der Waals surface area contributed by atoms with E-state index in [0.717, 1.165) is 19.3 Å². The number of aliphatic hydroxyl groups is 1. The van der Waals surface area contributed by atoms with Crippen molar-refractivity contribution >= 4 is 5.91 Å². The summed E-state index contributed by atoms with van der Waals surface area (Å²) in [7, 11) is 1.75. The van der Waals surface area contributed by atoms with Gasteiger partial charge in [-0.15, -0.1) is 0 Å². The number of ether oxygens (including phenoxy) is 1. The van der Waals surface area contributed by atoms with Gasteiger partial charge in [0.1, 0.15) is 6.10 Å². The Kier molecular flexibility index (Phi) is 3.78. The van der Waals surface area contributed by atoms with Crippen LogP contribution in [0.15, 0.2) is 0 Å². The van der Waals surface area contributed by atoms with E-state index >= 15 is 0 Å². The van der Waals surface area contributed by atoms with Crippen molar-refractivity contribution in [3.8, 4) is 0 Å². The van der Waals surface area contributed by atoms with Gasteiger partial charge in [0, 0.05) is 26.7 Å². The number of hydrogen-bond acceptors (Lipinski definition) is 4. The van der Waals surface area contributed by atoms with Gasteiger partial charge in [0.05, 0.1) is 12.1 Å². The summed E-state index contributed by atoms with van der Waals surface area (Å²) in [6.45, 7) is 1.90. The lowest BCUT2D eigenvalue weighted by Crippen LogP contribution is -2.49. The van der Waals surface area contributed by atoms with Crippen molar-refractivity contribution in [1.82, 2.24) is 10.2 Å². The second kappa shape index (κ2) is 5.12. The Hall–Kier alpha value is -0.650. The van der Waals surface area contributed by atoms with Crippen LogP contribution in [0.25, 0.3) is 0 Å². The van der Waals surface area contributed by atoms with Crippen LogP contribution < -0.4 is 5.32 Å². The second-order valence-corrected chi connectivity index (χ2v) is 4.60. The van der Waals surface area contributed by atoms with Crippen LogP contribution in [0.5, 0.6) is 0 Å². The molecule has 0 aliphatic carbocycles. The van der Waals surface area contributed by atoms with Gasteiger partial charge in [-0.25, -0.2) is 0 Å². The Balaban J connectivity index is 1.92. The van der Waals surface area contributed by atoms with Crippen LogP contribution >= 0.6 is 0 Å². The number of rotatable bonds is 2. The van der Waals surface area contributed by atoms with Crippen molar-refractivity contribution in [3.63, 3.8) is 0 Å². The predicted octanol–water partition coefficient (Wildman–Crippen LogP) is -0.653. The van der Waals surface area contributed by atoms with Gasteiger partial charge in [0.15, 0.2) is 0 Å². The average Bonchev–Trinajstić information content (AvgIpc) is 2.75. The van der Waals surface area contributed by atoms with Crippen molar-refractivity contribution in [2.75, 3.05) is 26.7 Å². The minimum atomic E-state index is -0.461. The number of nitrogens with one attached hydrogen (secondary N) is 1. The normalized spacial score (nSPS) is 35.0. The minimum Gasteiger partial charge on any atom is -0.390 e. The number of carbonyl (C=O) groups excluding carboxylic acids is 1. The average molecular weight is 228 g/mol. The van der Waals surface area contributed by atoms with Crippen LogP contribution in [0.3, 0.4) is 0 Å². The third-order valence-electron chi connectivity index (χ3n) is 3.45. The molecule has 2 fully saturated rings.